The highest BCUT2D eigenvalue weighted by Gasteiger charge is 2.46. The smallest absolute Gasteiger partial charge is 0.311 e. The summed E-state index contributed by atoms with van der Waals surface area (Å²) in [6, 6.07) is 12.4. The summed E-state index contributed by atoms with van der Waals surface area (Å²) in [7, 11) is -2.56. The van der Waals surface area contributed by atoms with Crippen LogP contribution in [-0.4, -0.2) is 27.4 Å². The summed E-state index contributed by atoms with van der Waals surface area (Å²) in [6.07, 6.45) is 0.00431. The lowest BCUT2D eigenvalue weighted by Gasteiger charge is -2.28. The fourth-order valence-corrected chi connectivity index (χ4v) is 4.02. The Hall–Kier alpha value is -2.23. The van der Waals surface area contributed by atoms with Gasteiger partial charge in [0.25, 0.3) is 0 Å². The molecule has 0 saturated carbocycles. The number of hydrogen-bond donors (Lipinski definition) is 1. The van der Waals surface area contributed by atoms with Gasteiger partial charge in [-0.1, -0.05) is 28.1 Å². The molecule has 0 unspecified atom stereocenters. The number of methoxy groups -OCH3 is 1. The summed E-state index contributed by atoms with van der Waals surface area (Å²) >= 11 is 3.36. The van der Waals surface area contributed by atoms with Gasteiger partial charge in [-0.25, -0.2) is 13.6 Å². The molecule has 1 fully saturated rings. The van der Waals surface area contributed by atoms with Gasteiger partial charge in [0.2, 0.25) is 15.9 Å². The van der Waals surface area contributed by atoms with Crippen LogP contribution in [0.25, 0.3) is 0 Å². The van der Waals surface area contributed by atoms with Crippen LogP contribution in [-0.2, 0) is 24.3 Å². The molecular formula is C18H17BrN2O5S. The van der Waals surface area contributed by atoms with Crippen molar-refractivity contribution < 1.29 is 22.7 Å². The normalized spacial score (nSPS) is 20.0. The Morgan fingerprint density at radius 2 is 1.74 bits per heavy atom. The first-order valence-corrected chi connectivity index (χ1v) is 10.3. The molecule has 1 saturated heterocycles. The number of ether oxygens (including phenoxy) is 1. The van der Waals surface area contributed by atoms with Gasteiger partial charge in [-0.15, -0.1) is 0 Å². The number of hydrogen-bond acceptors (Lipinski definition) is 5. The minimum Gasteiger partial charge on any atom is -0.469 e. The van der Waals surface area contributed by atoms with Crippen LogP contribution in [0.4, 0.5) is 5.69 Å². The number of sulfonamides is 1. The number of benzene rings is 2. The minimum atomic E-state index is -3.84. The lowest BCUT2D eigenvalue weighted by molar-refractivity contribution is -0.146. The van der Waals surface area contributed by atoms with E-state index in [1.54, 1.807) is 41.3 Å². The van der Waals surface area contributed by atoms with E-state index in [0.717, 1.165) is 4.47 Å². The second kappa shape index (κ2) is 7.41. The lowest BCUT2D eigenvalue weighted by atomic mass is 9.93. The molecule has 0 aromatic heterocycles. The molecule has 27 heavy (non-hydrogen) atoms. The van der Waals surface area contributed by atoms with Crippen LogP contribution in [0, 0.1) is 5.92 Å². The Kier molecular flexibility index (Phi) is 5.36. The molecule has 1 amide bonds. The van der Waals surface area contributed by atoms with Crippen molar-refractivity contribution >= 4 is 43.5 Å². The van der Waals surface area contributed by atoms with Gasteiger partial charge in [-0.3, -0.25) is 9.59 Å². The maximum absolute atomic E-state index is 12.7. The summed E-state index contributed by atoms with van der Waals surface area (Å²) < 4.78 is 28.7. The number of halogens is 1. The van der Waals surface area contributed by atoms with Gasteiger partial charge >= 0.3 is 5.97 Å². The summed E-state index contributed by atoms with van der Waals surface area (Å²) in [5.41, 5.74) is 1.25. The van der Waals surface area contributed by atoms with Gasteiger partial charge in [-0.2, -0.15) is 0 Å². The lowest BCUT2D eigenvalue weighted by Crippen LogP contribution is -2.31. The van der Waals surface area contributed by atoms with E-state index in [1.807, 2.05) is 0 Å². The third kappa shape index (κ3) is 3.90. The zero-order valence-electron chi connectivity index (χ0n) is 14.3. The van der Waals surface area contributed by atoms with Gasteiger partial charge in [0.05, 0.1) is 24.0 Å². The SMILES string of the molecule is COC(=O)[C@@H]1CC(=O)N(c2ccc(Br)cc2)[C@H]1c1ccc(S(N)(=O)=O)cc1. The van der Waals surface area contributed by atoms with Crippen molar-refractivity contribution in [3.05, 3.63) is 58.6 Å². The molecule has 0 bridgehead atoms. The molecule has 3 rings (SSSR count). The van der Waals surface area contributed by atoms with E-state index < -0.39 is 28.0 Å². The Morgan fingerprint density at radius 3 is 2.26 bits per heavy atom. The van der Waals surface area contributed by atoms with Crippen LogP contribution in [0.3, 0.4) is 0 Å². The fraction of sp³-hybridized carbons (Fsp3) is 0.222. The maximum Gasteiger partial charge on any atom is 0.311 e. The Labute approximate surface area is 165 Å². The maximum atomic E-state index is 12.7. The third-order valence-electron chi connectivity index (χ3n) is 4.48. The molecule has 1 aliphatic heterocycles. The molecule has 0 radical (unpaired) electrons. The second-order valence-electron chi connectivity index (χ2n) is 6.13. The van der Waals surface area contributed by atoms with Crippen molar-refractivity contribution in [3.63, 3.8) is 0 Å². The number of rotatable bonds is 4. The molecule has 2 N–H and O–H groups in total. The van der Waals surface area contributed by atoms with Gasteiger partial charge in [-0.05, 0) is 42.0 Å². The van der Waals surface area contributed by atoms with Gasteiger partial charge in [0.15, 0.2) is 0 Å². The molecule has 0 spiro atoms. The van der Waals surface area contributed by atoms with E-state index >= 15 is 0 Å². The van der Waals surface area contributed by atoms with E-state index in [-0.39, 0.29) is 17.2 Å². The fourth-order valence-electron chi connectivity index (χ4n) is 3.24. The highest BCUT2D eigenvalue weighted by Crippen LogP contribution is 2.42. The molecule has 2 aromatic carbocycles. The van der Waals surface area contributed by atoms with Crippen LogP contribution >= 0.6 is 15.9 Å². The predicted molar refractivity (Wildman–Crippen MR) is 102 cm³/mol. The molecule has 142 valence electrons. The number of primary sulfonamides is 1. The van der Waals surface area contributed by atoms with E-state index in [9.17, 15) is 18.0 Å². The van der Waals surface area contributed by atoms with Crippen LogP contribution in [0.5, 0.6) is 0 Å². The molecular weight excluding hydrogens is 436 g/mol. The number of carbonyl (C=O) groups excluding carboxylic acids is 2. The average Bonchev–Trinajstić information content (AvgIpc) is 2.98. The van der Waals surface area contributed by atoms with Crippen molar-refractivity contribution in [2.75, 3.05) is 12.0 Å². The topological polar surface area (TPSA) is 107 Å². The highest BCUT2D eigenvalue weighted by atomic mass is 79.9. The zero-order valence-corrected chi connectivity index (χ0v) is 16.7. The van der Waals surface area contributed by atoms with Gasteiger partial charge in [0, 0.05) is 16.6 Å². The molecule has 7 nitrogen and oxygen atoms in total. The first-order valence-electron chi connectivity index (χ1n) is 8.00. The first-order chi connectivity index (χ1) is 12.7. The number of anilines is 1. The first kappa shape index (κ1) is 19.5. The van der Waals surface area contributed by atoms with Crippen LogP contribution in [0.1, 0.15) is 18.0 Å². The molecule has 0 aliphatic carbocycles. The van der Waals surface area contributed by atoms with Crippen LogP contribution < -0.4 is 10.0 Å². The van der Waals surface area contributed by atoms with E-state index in [4.69, 9.17) is 9.88 Å². The minimum absolute atomic E-state index is 0.00431. The number of nitrogens with zero attached hydrogens (tertiary/aromatic N) is 1. The average molecular weight is 453 g/mol. The van der Waals surface area contributed by atoms with Crippen molar-refractivity contribution in [1.82, 2.24) is 0 Å². The number of esters is 1. The summed E-state index contributed by atoms with van der Waals surface area (Å²) in [5.74, 6) is -1.41. The van der Waals surface area contributed by atoms with E-state index in [2.05, 4.69) is 15.9 Å². The van der Waals surface area contributed by atoms with E-state index in [0.29, 0.717) is 11.3 Å². The predicted octanol–water partition coefficient (Wildman–Crippen LogP) is 2.36. The Morgan fingerprint density at radius 1 is 1.15 bits per heavy atom. The number of amides is 1. The van der Waals surface area contributed by atoms with Crippen molar-refractivity contribution in [3.8, 4) is 0 Å². The van der Waals surface area contributed by atoms with E-state index in [1.165, 1.54) is 19.2 Å². The monoisotopic (exact) mass is 452 g/mol. The zero-order chi connectivity index (χ0) is 19.8. The molecule has 2 aromatic rings. The summed E-state index contributed by atoms with van der Waals surface area (Å²) in [4.78, 5) is 26.5. The molecule has 1 aliphatic rings. The number of nitrogens with two attached hydrogens (primary N) is 1. The largest absolute Gasteiger partial charge is 0.469 e. The highest BCUT2D eigenvalue weighted by molar-refractivity contribution is 9.10. The molecule has 9 heteroatoms. The third-order valence-corrected chi connectivity index (χ3v) is 5.94. The molecule has 2 atom stereocenters. The van der Waals surface area contributed by atoms with Gasteiger partial charge in [0.1, 0.15) is 0 Å². The van der Waals surface area contributed by atoms with Gasteiger partial charge < -0.3 is 9.64 Å². The quantitative estimate of drug-likeness (QED) is 0.716. The Balaban J connectivity index is 2.08. The number of carbonyl (C=O) groups is 2. The Bertz CT molecular complexity index is 974. The summed E-state index contributed by atoms with van der Waals surface area (Å²) in [5, 5.41) is 5.14. The van der Waals surface area contributed by atoms with Crippen LogP contribution in [0.2, 0.25) is 0 Å². The van der Waals surface area contributed by atoms with Crippen LogP contribution in [0.15, 0.2) is 57.9 Å². The van der Waals surface area contributed by atoms with Crippen molar-refractivity contribution in [1.29, 1.82) is 0 Å². The summed E-state index contributed by atoms with van der Waals surface area (Å²) in [6.45, 7) is 0. The van der Waals surface area contributed by atoms with Crippen molar-refractivity contribution in [2.24, 2.45) is 11.1 Å². The standard InChI is InChI=1S/C18H17BrN2O5S/c1-26-18(23)15-10-16(22)21(13-6-4-12(19)5-7-13)17(15)11-2-8-14(9-3-11)27(20,24)25/h2-9,15,17H,10H2,1H3,(H2,20,24,25)/t15-,17+/m1/s1. The molecule has 1 heterocycles. The second-order valence-corrected chi connectivity index (χ2v) is 8.61. The van der Waals surface area contributed by atoms with Crippen molar-refractivity contribution in [2.45, 2.75) is 17.4 Å².